The van der Waals surface area contributed by atoms with E-state index in [0.717, 1.165) is 0 Å². The number of carboxylic acid groups (broad SMARTS) is 2. The Bertz CT molecular complexity index is 616. The first-order chi connectivity index (χ1) is 14.1. The van der Waals surface area contributed by atoms with Crippen LogP contribution >= 0.6 is 7.60 Å². The van der Waals surface area contributed by atoms with E-state index in [4.69, 9.17) is 25.0 Å². The minimum absolute atomic E-state index is 0.00235. The van der Waals surface area contributed by atoms with Crippen molar-refractivity contribution in [2.75, 3.05) is 19.8 Å². The van der Waals surface area contributed by atoms with Gasteiger partial charge < -0.3 is 35.6 Å². The van der Waals surface area contributed by atoms with Gasteiger partial charge in [0, 0.05) is 6.42 Å². The number of hydrogen-bond acceptors (Lipinski definition) is 8. The van der Waals surface area contributed by atoms with E-state index in [0.29, 0.717) is 25.7 Å². The molecule has 0 aromatic rings. The highest BCUT2D eigenvalue weighted by molar-refractivity contribution is 7.55. The summed E-state index contributed by atoms with van der Waals surface area (Å²) in [4.78, 5) is 46.3. The number of carbonyl (C=O) groups excluding carboxylic acids is 2. The molecule has 0 aliphatic rings. The quantitative estimate of drug-likeness (QED) is 0.154. The Morgan fingerprint density at radius 2 is 1.57 bits per heavy atom. The van der Waals surface area contributed by atoms with Crippen molar-refractivity contribution in [2.45, 2.75) is 64.2 Å². The van der Waals surface area contributed by atoms with Crippen molar-refractivity contribution >= 4 is 31.3 Å². The molecule has 0 radical (unpaired) electrons. The molecule has 0 unspecified atom stereocenters. The van der Waals surface area contributed by atoms with Gasteiger partial charge in [0.1, 0.15) is 12.6 Å². The van der Waals surface area contributed by atoms with E-state index in [1.54, 1.807) is 0 Å². The summed E-state index contributed by atoms with van der Waals surface area (Å²) in [5, 5.41) is 21.8. The molecule has 0 saturated carbocycles. The number of amides is 2. The van der Waals surface area contributed by atoms with Gasteiger partial charge in [-0.2, -0.15) is 0 Å². The third-order valence-electron chi connectivity index (χ3n) is 3.81. The zero-order valence-electron chi connectivity index (χ0n) is 17.3. The summed E-state index contributed by atoms with van der Waals surface area (Å²) in [5.74, 6) is -6.28. The monoisotopic (exact) mass is 453 g/mol. The molecule has 0 aromatic heterocycles. The van der Waals surface area contributed by atoms with Crippen LogP contribution in [0.15, 0.2) is 0 Å². The fraction of sp³-hybridized carbons (Fsp3) is 0.765. The number of rotatable bonds is 17. The van der Waals surface area contributed by atoms with Crippen LogP contribution in [-0.2, 0) is 32.8 Å². The first kappa shape index (κ1) is 28.0. The molecule has 0 aliphatic heterocycles. The molecule has 174 valence electrons. The van der Waals surface area contributed by atoms with Gasteiger partial charge in [-0.05, 0) is 19.3 Å². The smallest absolute Gasteiger partial charge is 0.362 e. The molecule has 13 heteroatoms. The van der Waals surface area contributed by atoms with Crippen LogP contribution in [0.2, 0.25) is 0 Å². The van der Waals surface area contributed by atoms with Gasteiger partial charge in [0.15, 0.2) is 0 Å². The average molecular weight is 453 g/mol. The molecule has 0 heterocycles. The zero-order valence-corrected chi connectivity index (χ0v) is 18.2. The highest BCUT2D eigenvalue weighted by atomic mass is 31.2. The van der Waals surface area contributed by atoms with E-state index in [2.05, 4.69) is 10.6 Å². The van der Waals surface area contributed by atoms with E-state index in [-0.39, 0.29) is 26.1 Å². The minimum atomic E-state index is -4.21. The van der Waals surface area contributed by atoms with E-state index in [1.807, 2.05) is 13.8 Å². The lowest BCUT2D eigenvalue weighted by Crippen LogP contribution is -2.48. The van der Waals surface area contributed by atoms with Crippen molar-refractivity contribution in [3.63, 3.8) is 0 Å². The lowest BCUT2D eigenvalue weighted by atomic mass is 10.1. The maximum Gasteiger partial charge on any atom is 0.362 e. The van der Waals surface area contributed by atoms with Crippen LogP contribution in [0.4, 0.5) is 0 Å². The molecule has 30 heavy (non-hydrogen) atoms. The Kier molecular flexibility index (Phi) is 13.9. The molecule has 0 spiro atoms. The molecule has 0 rings (SSSR count). The fourth-order valence-electron chi connectivity index (χ4n) is 2.04. The molecular formula is C17H32N3O9P. The molecule has 0 bridgehead atoms. The van der Waals surface area contributed by atoms with Crippen LogP contribution in [0.1, 0.15) is 52.4 Å². The van der Waals surface area contributed by atoms with E-state index >= 15 is 0 Å². The molecule has 0 fully saturated rings. The van der Waals surface area contributed by atoms with Crippen molar-refractivity contribution in [3.05, 3.63) is 0 Å². The summed E-state index contributed by atoms with van der Waals surface area (Å²) in [6.45, 7) is 2.98. The number of carbonyl (C=O) groups is 4. The van der Waals surface area contributed by atoms with E-state index < -0.39 is 49.7 Å². The van der Waals surface area contributed by atoms with Gasteiger partial charge in [-0.15, -0.1) is 0 Å². The molecular weight excluding hydrogens is 421 g/mol. The maximum atomic E-state index is 13.3. The van der Waals surface area contributed by atoms with Crippen LogP contribution in [0.5, 0.6) is 0 Å². The number of carboxylic acids is 2. The minimum Gasteiger partial charge on any atom is -0.480 e. The summed E-state index contributed by atoms with van der Waals surface area (Å²) >= 11 is 0. The van der Waals surface area contributed by atoms with Gasteiger partial charge in [-0.3, -0.25) is 23.7 Å². The largest absolute Gasteiger partial charge is 0.480 e. The summed E-state index contributed by atoms with van der Waals surface area (Å²) < 4.78 is 24.1. The van der Waals surface area contributed by atoms with Crippen molar-refractivity contribution < 1.29 is 43.0 Å². The Labute approximate surface area is 175 Å². The van der Waals surface area contributed by atoms with Crippen LogP contribution in [0, 0.1) is 0 Å². The highest BCUT2D eigenvalue weighted by Crippen LogP contribution is 2.52. The first-order valence-corrected chi connectivity index (χ1v) is 11.3. The number of hydrogen-bond donors (Lipinski definition) is 5. The van der Waals surface area contributed by atoms with Gasteiger partial charge in [0.2, 0.25) is 11.7 Å². The van der Waals surface area contributed by atoms with Gasteiger partial charge >= 0.3 is 19.5 Å². The highest BCUT2D eigenvalue weighted by Gasteiger charge is 2.42. The second kappa shape index (κ2) is 14.9. The van der Waals surface area contributed by atoms with Gasteiger partial charge in [-0.1, -0.05) is 26.7 Å². The zero-order chi connectivity index (χ0) is 23.2. The predicted octanol–water partition coefficient (Wildman–Crippen LogP) is 0.648. The standard InChI is InChI=1S/C17H32N3O9P/c1-3-5-9-28-30(27,29-10-6-4-2)16(15(24)19-11-14(22)23)20-13(21)8-7-12(18)17(25)26/h12,16H,3-11,18H2,1-2H3,(H,19,24)(H,20,21)(H,22,23)(H,25,26)/t12-,16+/m0/s1. The van der Waals surface area contributed by atoms with Crippen LogP contribution in [-0.4, -0.2) is 65.5 Å². The van der Waals surface area contributed by atoms with Crippen molar-refractivity contribution in [2.24, 2.45) is 5.73 Å². The number of nitrogens with one attached hydrogen (secondary N) is 2. The Hall–Kier alpha value is -2.01. The fourth-order valence-corrected chi connectivity index (χ4v) is 3.86. The van der Waals surface area contributed by atoms with Crippen molar-refractivity contribution in [1.82, 2.24) is 10.6 Å². The predicted molar refractivity (Wildman–Crippen MR) is 107 cm³/mol. The lowest BCUT2D eigenvalue weighted by molar-refractivity contribution is -0.139. The summed E-state index contributed by atoms with van der Waals surface area (Å²) in [6.07, 6.45) is 1.88. The topological polar surface area (TPSA) is 194 Å². The normalized spacial score (nSPS) is 13.3. The SMILES string of the molecule is CCCCOP(=O)(OCCCC)[C@@H](NC(=O)CC[C@H](N)C(=O)O)C(=O)NCC(=O)O. The van der Waals surface area contributed by atoms with Crippen LogP contribution < -0.4 is 16.4 Å². The molecule has 6 N–H and O–H groups in total. The molecule has 12 nitrogen and oxygen atoms in total. The second-order valence-corrected chi connectivity index (χ2v) is 8.59. The molecule has 0 aliphatic carbocycles. The summed E-state index contributed by atoms with van der Waals surface area (Å²) in [5.41, 5.74) is 5.36. The van der Waals surface area contributed by atoms with E-state index in [1.165, 1.54) is 0 Å². The molecule has 2 amide bonds. The number of unbranched alkanes of at least 4 members (excludes halogenated alkanes) is 2. The Balaban J connectivity index is 5.50. The maximum absolute atomic E-state index is 13.3. The van der Waals surface area contributed by atoms with Gasteiger partial charge in [0.25, 0.3) is 5.91 Å². The molecule has 0 aromatic carbocycles. The van der Waals surface area contributed by atoms with Crippen molar-refractivity contribution in [3.8, 4) is 0 Å². The lowest BCUT2D eigenvalue weighted by Gasteiger charge is -2.27. The summed E-state index contributed by atoms with van der Waals surface area (Å²) in [6, 6.07) is -1.29. The third kappa shape index (κ3) is 11.2. The second-order valence-electron chi connectivity index (χ2n) is 6.48. The van der Waals surface area contributed by atoms with Gasteiger partial charge in [-0.25, -0.2) is 0 Å². The Morgan fingerprint density at radius 3 is 2.00 bits per heavy atom. The van der Waals surface area contributed by atoms with Crippen molar-refractivity contribution in [1.29, 1.82) is 0 Å². The first-order valence-electron chi connectivity index (χ1n) is 9.73. The van der Waals surface area contributed by atoms with Gasteiger partial charge in [0.05, 0.1) is 13.2 Å². The average Bonchev–Trinajstić information content (AvgIpc) is 2.68. The van der Waals surface area contributed by atoms with Crippen LogP contribution in [0.25, 0.3) is 0 Å². The van der Waals surface area contributed by atoms with E-state index in [9.17, 15) is 23.7 Å². The van der Waals surface area contributed by atoms with Crippen LogP contribution in [0.3, 0.4) is 0 Å². The number of aliphatic carboxylic acids is 2. The summed E-state index contributed by atoms with van der Waals surface area (Å²) in [7, 11) is -4.21. The molecule has 2 atom stereocenters. The number of nitrogens with two attached hydrogens (primary N) is 1. The Morgan fingerprint density at radius 1 is 1.03 bits per heavy atom. The third-order valence-corrected chi connectivity index (χ3v) is 5.89. The molecule has 0 saturated heterocycles.